The van der Waals surface area contributed by atoms with Gasteiger partial charge in [0.1, 0.15) is 0 Å². The quantitative estimate of drug-likeness (QED) is 0.841. The first-order valence-corrected chi connectivity index (χ1v) is 4.83. The predicted molar refractivity (Wildman–Crippen MR) is 56.2 cm³/mol. The zero-order valence-electron chi connectivity index (χ0n) is 9.10. The smallest absolute Gasteiger partial charge is 0.389 e. The molecule has 1 rings (SSSR count). The fraction of sp³-hybridized carbons (Fsp3) is 0.455. The van der Waals surface area contributed by atoms with Gasteiger partial charge in [0.25, 0.3) is 0 Å². The minimum absolute atomic E-state index is 0.0166. The lowest BCUT2D eigenvalue weighted by molar-refractivity contribution is -0.137. The van der Waals surface area contributed by atoms with Crippen LogP contribution in [0.15, 0.2) is 24.3 Å². The Labute approximate surface area is 92.1 Å². The van der Waals surface area contributed by atoms with Crippen molar-refractivity contribution in [1.29, 1.82) is 0 Å². The largest absolute Gasteiger partial charge is 0.418 e. The van der Waals surface area contributed by atoms with Crippen LogP contribution in [0.1, 0.15) is 19.4 Å². The Balaban J connectivity index is 2.88. The summed E-state index contributed by atoms with van der Waals surface area (Å²) in [6.45, 7) is 3.10. The molecule has 0 aliphatic heterocycles. The molecule has 0 aromatic heterocycles. The maximum absolute atomic E-state index is 12.6. The van der Waals surface area contributed by atoms with Gasteiger partial charge in [-0.1, -0.05) is 12.1 Å². The maximum atomic E-state index is 12.6. The zero-order chi connectivity index (χ0) is 12.4. The lowest BCUT2D eigenvalue weighted by Gasteiger charge is -2.20. The van der Waals surface area contributed by atoms with Crippen LogP contribution in [0.2, 0.25) is 0 Å². The van der Waals surface area contributed by atoms with Crippen molar-refractivity contribution >= 4 is 5.69 Å². The van der Waals surface area contributed by atoms with Crippen LogP contribution in [0.25, 0.3) is 0 Å². The van der Waals surface area contributed by atoms with Gasteiger partial charge in [-0.2, -0.15) is 13.2 Å². The van der Waals surface area contributed by atoms with Crippen molar-refractivity contribution in [1.82, 2.24) is 0 Å². The van der Waals surface area contributed by atoms with Gasteiger partial charge < -0.3 is 10.4 Å². The normalized spacial score (nSPS) is 12.6. The fourth-order valence-corrected chi connectivity index (χ4v) is 1.20. The van der Waals surface area contributed by atoms with Crippen molar-refractivity contribution in [2.75, 3.05) is 11.9 Å². The van der Waals surface area contributed by atoms with Gasteiger partial charge in [0.15, 0.2) is 0 Å². The first kappa shape index (κ1) is 12.8. The molecule has 2 N–H and O–H groups in total. The standard InChI is InChI=1S/C11H14F3NO/c1-10(2,16)7-15-9-6-4-3-5-8(9)11(12,13)14/h3-6,15-16H,7H2,1-2H3. The molecule has 1 aromatic carbocycles. The van der Waals surface area contributed by atoms with Gasteiger partial charge in [-0.15, -0.1) is 0 Å². The van der Waals surface area contributed by atoms with Crippen LogP contribution in [0, 0.1) is 0 Å². The molecule has 90 valence electrons. The zero-order valence-corrected chi connectivity index (χ0v) is 9.10. The second-order valence-corrected chi connectivity index (χ2v) is 4.21. The lowest BCUT2D eigenvalue weighted by Crippen LogP contribution is -2.30. The molecule has 0 saturated heterocycles. The van der Waals surface area contributed by atoms with Gasteiger partial charge in [-0.3, -0.25) is 0 Å². The Kier molecular flexibility index (Phi) is 3.48. The number of nitrogens with one attached hydrogen (secondary N) is 1. The topological polar surface area (TPSA) is 32.3 Å². The summed E-state index contributed by atoms with van der Waals surface area (Å²) in [5, 5.41) is 12.0. The third-order valence-electron chi connectivity index (χ3n) is 1.94. The van der Waals surface area contributed by atoms with E-state index in [0.29, 0.717) is 0 Å². The number of alkyl halides is 3. The second-order valence-electron chi connectivity index (χ2n) is 4.21. The van der Waals surface area contributed by atoms with Gasteiger partial charge in [0.2, 0.25) is 0 Å². The van der Waals surface area contributed by atoms with Crippen LogP contribution in [0.5, 0.6) is 0 Å². The second kappa shape index (κ2) is 4.33. The van der Waals surface area contributed by atoms with E-state index < -0.39 is 17.3 Å². The summed E-state index contributed by atoms with van der Waals surface area (Å²) in [6, 6.07) is 5.20. The van der Waals surface area contributed by atoms with Gasteiger partial charge in [-0.25, -0.2) is 0 Å². The highest BCUT2D eigenvalue weighted by Gasteiger charge is 2.33. The van der Waals surface area contributed by atoms with Crippen LogP contribution in [-0.2, 0) is 6.18 Å². The van der Waals surface area contributed by atoms with Crippen LogP contribution in [0.4, 0.5) is 18.9 Å². The van der Waals surface area contributed by atoms with Crippen molar-refractivity contribution in [2.24, 2.45) is 0 Å². The molecule has 0 heterocycles. The third kappa shape index (κ3) is 3.73. The van der Waals surface area contributed by atoms with Crippen molar-refractivity contribution in [3.63, 3.8) is 0 Å². The molecule has 0 fully saturated rings. The number of rotatable bonds is 3. The van der Waals surface area contributed by atoms with E-state index in [-0.39, 0.29) is 12.2 Å². The van der Waals surface area contributed by atoms with Gasteiger partial charge >= 0.3 is 6.18 Å². The first-order valence-electron chi connectivity index (χ1n) is 4.83. The van der Waals surface area contributed by atoms with Crippen molar-refractivity contribution < 1.29 is 18.3 Å². The molecular formula is C11H14F3NO. The number of hydrogen-bond donors (Lipinski definition) is 2. The summed E-state index contributed by atoms with van der Waals surface area (Å²) in [6.07, 6.45) is -4.39. The summed E-state index contributed by atoms with van der Waals surface area (Å²) in [5.41, 5.74) is -1.80. The summed E-state index contributed by atoms with van der Waals surface area (Å²) < 4.78 is 37.7. The Morgan fingerprint density at radius 3 is 2.25 bits per heavy atom. The maximum Gasteiger partial charge on any atom is 0.418 e. The minimum Gasteiger partial charge on any atom is -0.389 e. The highest BCUT2D eigenvalue weighted by atomic mass is 19.4. The van der Waals surface area contributed by atoms with Gasteiger partial charge in [0.05, 0.1) is 11.2 Å². The molecule has 0 aliphatic rings. The molecule has 0 amide bonds. The van der Waals surface area contributed by atoms with E-state index >= 15 is 0 Å². The predicted octanol–water partition coefficient (Wildman–Crippen LogP) is 2.89. The van der Waals surface area contributed by atoms with E-state index in [2.05, 4.69) is 5.32 Å². The van der Waals surface area contributed by atoms with E-state index in [1.807, 2.05) is 0 Å². The van der Waals surface area contributed by atoms with E-state index in [0.717, 1.165) is 6.07 Å². The Morgan fingerprint density at radius 2 is 1.75 bits per heavy atom. The highest BCUT2D eigenvalue weighted by molar-refractivity contribution is 5.52. The molecule has 16 heavy (non-hydrogen) atoms. The number of halogens is 3. The van der Waals surface area contributed by atoms with Crippen LogP contribution in [0.3, 0.4) is 0 Å². The average Bonchev–Trinajstić information content (AvgIpc) is 2.12. The van der Waals surface area contributed by atoms with E-state index in [4.69, 9.17) is 0 Å². The minimum atomic E-state index is -4.39. The molecule has 0 aliphatic carbocycles. The van der Waals surface area contributed by atoms with Crippen LogP contribution >= 0.6 is 0 Å². The molecule has 0 atom stereocenters. The molecule has 0 saturated carbocycles. The van der Waals surface area contributed by atoms with Crippen molar-refractivity contribution in [3.05, 3.63) is 29.8 Å². The highest BCUT2D eigenvalue weighted by Crippen LogP contribution is 2.34. The Bertz CT molecular complexity index is 355. The fourth-order valence-electron chi connectivity index (χ4n) is 1.20. The number of hydrogen-bond acceptors (Lipinski definition) is 2. The Morgan fingerprint density at radius 1 is 1.19 bits per heavy atom. The van der Waals surface area contributed by atoms with Crippen LogP contribution in [-0.4, -0.2) is 17.3 Å². The van der Waals surface area contributed by atoms with Crippen LogP contribution < -0.4 is 5.32 Å². The summed E-state index contributed by atoms with van der Waals surface area (Å²) >= 11 is 0. The van der Waals surface area contributed by atoms with Gasteiger partial charge in [0, 0.05) is 12.2 Å². The van der Waals surface area contributed by atoms with E-state index in [1.165, 1.54) is 32.0 Å². The third-order valence-corrected chi connectivity index (χ3v) is 1.94. The molecule has 0 bridgehead atoms. The molecule has 0 unspecified atom stereocenters. The van der Waals surface area contributed by atoms with Gasteiger partial charge in [-0.05, 0) is 26.0 Å². The molecular weight excluding hydrogens is 219 g/mol. The Hall–Kier alpha value is -1.23. The SMILES string of the molecule is CC(C)(O)CNc1ccccc1C(F)(F)F. The first-order chi connectivity index (χ1) is 7.20. The molecule has 0 radical (unpaired) electrons. The molecule has 2 nitrogen and oxygen atoms in total. The van der Waals surface area contributed by atoms with E-state index in [1.54, 1.807) is 0 Å². The number of anilines is 1. The van der Waals surface area contributed by atoms with Crippen molar-refractivity contribution in [3.8, 4) is 0 Å². The number of para-hydroxylation sites is 1. The van der Waals surface area contributed by atoms with Crippen molar-refractivity contribution in [2.45, 2.75) is 25.6 Å². The number of benzene rings is 1. The molecule has 1 aromatic rings. The monoisotopic (exact) mass is 233 g/mol. The summed E-state index contributed by atoms with van der Waals surface area (Å²) in [4.78, 5) is 0. The lowest BCUT2D eigenvalue weighted by atomic mass is 10.1. The summed E-state index contributed by atoms with van der Waals surface area (Å²) in [5.74, 6) is 0. The number of aliphatic hydroxyl groups is 1. The average molecular weight is 233 g/mol. The molecule has 5 heteroatoms. The van der Waals surface area contributed by atoms with E-state index in [9.17, 15) is 18.3 Å². The molecule has 0 spiro atoms. The summed E-state index contributed by atoms with van der Waals surface area (Å²) in [7, 11) is 0.